The largest absolute Gasteiger partial charge is 0.361 e. The van der Waals surface area contributed by atoms with Crippen molar-refractivity contribution < 1.29 is 18.7 Å². The van der Waals surface area contributed by atoms with Gasteiger partial charge in [-0.25, -0.2) is 4.63 Å². The lowest BCUT2D eigenvalue weighted by Gasteiger charge is -2.26. The van der Waals surface area contributed by atoms with Gasteiger partial charge in [0.15, 0.2) is 0 Å². The average Bonchev–Trinajstić information content (AvgIpc) is 3.48. The lowest BCUT2D eigenvalue weighted by Crippen LogP contribution is -2.44. The maximum atomic E-state index is 13.2. The fraction of sp³-hybridized carbons (Fsp3) is 0.381. The van der Waals surface area contributed by atoms with E-state index >= 15 is 0 Å². The van der Waals surface area contributed by atoms with E-state index in [9.17, 15) is 9.59 Å². The fourth-order valence-electron chi connectivity index (χ4n) is 3.79. The molecule has 1 aromatic carbocycles. The molecule has 0 aliphatic carbocycles. The molecule has 0 saturated carbocycles. The van der Waals surface area contributed by atoms with E-state index < -0.39 is 5.41 Å². The SMILES string of the molecule is CC(=O)N1CCC(Cc2cc(-c3ccccc3)no2)(C(=O)NCc2nonc2C)C1. The van der Waals surface area contributed by atoms with Crippen LogP contribution in [-0.4, -0.2) is 45.3 Å². The molecule has 1 unspecified atom stereocenters. The Hall–Kier alpha value is -3.49. The molecule has 3 heterocycles. The van der Waals surface area contributed by atoms with Crippen LogP contribution in [0.5, 0.6) is 0 Å². The highest BCUT2D eigenvalue weighted by atomic mass is 16.6. The molecule has 0 bridgehead atoms. The first kappa shape index (κ1) is 19.8. The molecule has 1 N–H and O–H groups in total. The number of hydrogen-bond donors (Lipinski definition) is 1. The zero-order valence-corrected chi connectivity index (χ0v) is 16.9. The first-order chi connectivity index (χ1) is 14.5. The van der Waals surface area contributed by atoms with E-state index in [1.54, 1.807) is 11.8 Å². The highest BCUT2D eigenvalue weighted by molar-refractivity contribution is 5.85. The monoisotopic (exact) mass is 409 g/mol. The zero-order valence-electron chi connectivity index (χ0n) is 16.9. The Bertz CT molecular complexity index is 1040. The molecule has 9 nitrogen and oxygen atoms in total. The smallest absolute Gasteiger partial charge is 0.228 e. The van der Waals surface area contributed by atoms with Crippen molar-refractivity contribution in [3.8, 4) is 11.3 Å². The summed E-state index contributed by atoms with van der Waals surface area (Å²) < 4.78 is 10.2. The first-order valence-electron chi connectivity index (χ1n) is 9.80. The number of amides is 2. The summed E-state index contributed by atoms with van der Waals surface area (Å²) in [6, 6.07) is 11.6. The van der Waals surface area contributed by atoms with Crippen LogP contribution in [0.1, 0.15) is 30.5 Å². The molecule has 1 aliphatic rings. The second kappa shape index (κ2) is 8.10. The molecule has 2 amide bonds. The maximum absolute atomic E-state index is 13.2. The summed E-state index contributed by atoms with van der Waals surface area (Å²) in [6.07, 6.45) is 0.883. The predicted molar refractivity (Wildman–Crippen MR) is 106 cm³/mol. The molecule has 0 spiro atoms. The number of benzene rings is 1. The van der Waals surface area contributed by atoms with Gasteiger partial charge in [-0.3, -0.25) is 9.59 Å². The lowest BCUT2D eigenvalue weighted by molar-refractivity contribution is -0.132. The van der Waals surface area contributed by atoms with Crippen molar-refractivity contribution in [2.24, 2.45) is 5.41 Å². The number of aryl methyl sites for hydroxylation is 1. The van der Waals surface area contributed by atoms with Crippen molar-refractivity contribution in [2.45, 2.75) is 33.2 Å². The molecule has 1 fully saturated rings. The van der Waals surface area contributed by atoms with Gasteiger partial charge < -0.3 is 14.7 Å². The van der Waals surface area contributed by atoms with E-state index in [0.29, 0.717) is 48.8 Å². The number of rotatable bonds is 6. The van der Waals surface area contributed by atoms with Gasteiger partial charge in [-0.15, -0.1) is 0 Å². The molecule has 1 saturated heterocycles. The lowest BCUT2D eigenvalue weighted by atomic mass is 9.81. The van der Waals surface area contributed by atoms with Crippen molar-refractivity contribution >= 4 is 11.8 Å². The van der Waals surface area contributed by atoms with Gasteiger partial charge in [0.25, 0.3) is 0 Å². The molecule has 1 atom stereocenters. The summed E-state index contributed by atoms with van der Waals surface area (Å²) in [4.78, 5) is 26.8. The van der Waals surface area contributed by atoms with Gasteiger partial charge in [0.05, 0.1) is 12.0 Å². The Morgan fingerprint density at radius 3 is 2.67 bits per heavy atom. The van der Waals surface area contributed by atoms with Crippen molar-refractivity contribution in [1.29, 1.82) is 0 Å². The van der Waals surface area contributed by atoms with E-state index in [-0.39, 0.29) is 18.4 Å². The van der Waals surface area contributed by atoms with Crippen LogP contribution in [0.3, 0.4) is 0 Å². The zero-order chi connectivity index (χ0) is 21.1. The summed E-state index contributed by atoms with van der Waals surface area (Å²) in [7, 11) is 0. The average molecular weight is 409 g/mol. The first-order valence-corrected chi connectivity index (χ1v) is 9.80. The van der Waals surface area contributed by atoms with E-state index in [4.69, 9.17) is 4.52 Å². The summed E-state index contributed by atoms with van der Waals surface area (Å²) in [5.74, 6) is 0.392. The van der Waals surface area contributed by atoms with Gasteiger partial charge in [-0.1, -0.05) is 45.8 Å². The van der Waals surface area contributed by atoms with Crippen LogP contribution in [0.25, 0.3) is 11.3 Å². The van der Waals surface area contributed by atoms with Gasteiger partial charge >= 0.3 is 0 Å². The maximum Gasteiger partial charge on any atom is 0.228 e. The Morgan fingerprint density at radius 1 is 1.20 bits per heavy atom. The van der Waals surface area contributed by atoms with Crippen molar-refractivity contribution in [3.05, 3.63) is 53.5 Å². The minimum atomic E-state index is -0.801. The molecule has 156 valence electrons. The number of likely N-dealkylation sites (tertiary alicyclic amines) is 1. The molecule has 4 rings (SSSR count). The van der Waals surface area contributed by atoms with E-state index in [0.717, 1.165) is 5.56 Å². The van der Waals surface area contributed by atoms with Gasteiger partial charge in [0.2, 0.25) is 11.8 Å². The summed E-state index contributed by atoms with van der Waals surface area (Å²) in [6.45, 7) is 4.33. The van der Waals surface area contributed by atoms with Crippen molar-refractivity contribution in [1.82, 2.24) is 25.7 Å². The van der Waals surface area contributed by atoms with E-state index in [1.165, 1.54) is 6.92 Å². The third-order valence-electron chi connectivity index (χ3n) is 5.58. The Morgan fingerprint density at radius 2 is 2.00 bits per heavy atom. The van der Waals surface area contributed by atoms with Crippen LogP contribution in [0.2, 0.25) is 0 Å². The Kier molecular flexibility index (Phi) is 5.35. The predicted octanol–water partition coefficient (Wildman–Crippen LogP) is 2.13. The number of carbonyl (C=O) groups is 2. The van der Waals surface area contributed by atoms with E-state index in [2.05, 4.69) is 25.4 Å². The third kappa shape index (κ3) is 3.96. The van der Waals surface area contributed by atoms with Crippen LogP contribution in [-0.2, 0) is 22.6 Å². The molecule has 2 aromatic heterocycles. The minimum Gasteiger partial charge on any atom is -0.361 e. The molecular weight excluding hydrogens is 386 g/mol. The molecule has 0 radical (unpaired) electrons. The standard InChI is InChI=1S/C21H23N5O4/c1-14-19(25-30-23-14)12-22-20(28)21(8-9-26(13-21)15(2)27)11-17-10-18(24-29-17)16-6-4-3-5-7-16/h3-7,10H,8-9,11-13H2,1-2H3,(H,22,28). The molecule has 30 heavy (non-hydrogen) atoms. The van der Waals surface area contributed by atoms with E-state index in [1.807, 2.05) is 36.4 Å². The van der Waals surface area contributed by atoms with Gasteiger partial charge in [0.1, 0.15) is 22.8 Å². The van der Waals surface area contributed by atoms with Crippen molar-refractivity contribution in [2.75, 3.05) is 13.1 Å². The van der Waals surface area contributed by atoms with Crippen LogP contribution < -0.4 is 5.32 Å². The van der Waals surface area contributed by atoms with Gasteiger partial charge in [-0.2, -0.15) is 0 Å². The summed E-state index contributed by atoms with van der Waals surface area (Å²) >= 11 is 0. The Labute approximate surface area is 173 Å². The van der Waals surface area contributed by atoms with Crippen LogP contribution in [0, 0.1) is 12.3 Å². The van der Waals surface area contributed by atoms with Gasteiger partial charge in [0, 0.05) is 38.1 Å². The van der Waals surface area contributed by atoms with Crippen LogP contribution >= 0.6 is 0 Å². The Balaban J connectivity index is 1.54. The summed E-state index contributed by atoms with van der Waals surface area (Å²) in [5, 5.41) is 14.6. The van der Waals surface area contributed by atoms with Crippen LogP contribution in [0.15, 0.2) is 45.6 Å². The minimum absolute atomic E-state index is 0.0521. The molecule has 3 aromatic rings. The second-order valence-electron chi connectivity index (χ2n) is 7.67. The number of aromatic nitrogens is 3. The topological polar surface area (TPSA) is 114 Å². The molecule has 1 aliphatic heterocycles. The summed E-state index contributed by atoms with van der Waals surface area (Å²) in [5.41, 5.74) is 2.06. The van der Waals surface area contributed by atoms with Gasteiger partial charge in [-0.05, 0) is 13.3 Å². The van der Waals surface area contributed by atoms with Crippen LogP contribution in [0.4, 0.5) is 0 Å². The molecular formula is C21H23N5O4. The highest BCUT2D eigenvalue weighted by Gasteiger charge is 2.46. The van der Waals surface area contributed by atoms with Crippen molar-refractivity contribution in [3.63, 3.8) is 0 Å². The molecule has 9 heteroatoms. The third-order valence-corrected chi connectivity index (χ3v) is 5.58. The number of carbonyl (C=O) groups excluding carboxylic acids is 2. The number of nitrogens with one attached hydrogen (secondary N) is 1. The highest BCUT2D eigenvalue weighted by Crippen LogP contribution is 2.36. The number of hydrogen-bond acceptors (Lipinski definition) is 7. The number of nitrogens with zero attached hydrogens (tertiary/aromatic N) is 4. The fourth-order valence-corrected chi connectivity index (χ4v) is 3.79. The quantitative estimate of drug-likeness (QED) is 0.663. The second-order valence-corrected chi connectivity index (χ2v) is 7.67. The normalized spacial score (nSPS) is 18.5.